The lowest BCUT2D eigenvalue weighted by Crippen LogP contribution is -2.52. The molecule has 0 fully saturated rings. The number of nitrogens with two attached hydrogens (primary N) is 1. The lowest BCUT2D eigenvalue weighted by molar-refractivity contribution is -0.113. The number of carboxylic acid groups (broad SMARTS) is 1. The van der Waals surface area contributed by atoms with Crippen molar-refractivity contribution in [3.8, 4) is 0 Å². The SMILES string of the molecule is CCc1csc([C@H](Cc2ccc(N)cc2)NN(C(=O)O)[C@H](C=O)Cc2ccccc2)n1. The van der Waals surface area contributed by atoms with E-state index in [0.717, 1.165) is 33.3 Å². The van der Waals surface area contributed by atoms with Gasteiger partial charge in [0.05, 0.1) is 11.7 Å². The number of anilines is 1. The summed E-state index contributed by atoms with van der Waals surface area (Å²) in [6.07, 6.45) is 1.00. The van der Waals surface area contributed by atoms with Crippen LogP contribution in [0.3, 0.4) is 0 Å². The number of nitrogens with zero attached hydrogens (tertiary/aromatic N) is 2. The lowest BCUT2D eigenvalue weighted by Gasteiger charge is -2.30. The zero-order valence-corrected chi connectivity index (χ0v) is 18.1. The summed E-state index contributed by atoms with van der Waals surface area (Å²) in [6, 6.07) is 15.5. The molecule has 0 aliphatic heterocycles. The maximum Gasteiger partial charge on any atom is 0.422 e. The molecule has 3 rings (SSSR count). The number of carbonyl (C=O) groups is 2. The van der Waals surface area contributed by atoms with Crippen molar-refractivity contribution in [1.29, 1.82) is 0 Å². The molecule has 31 heavy (non-hydrogen) atoms. The van der Waals surface area contributed by atoms with Gasteiger partial charge in [-0.2, -0.15) is 0 Å². The van der Waals surface area contributed by atoms with Crippen molar-refractivity contribution in [3.63, 3.8) is 0 Å². The van der Waals surface area contributed by atoms with E-state index in [4.69, 9.17) is 5.73 Å². The number of aldehydes is 1. The van der Waals surface area contributed by atoms with Crippen molar-refractivity contribution in [3.05, 3.63) is 81.8 Å². The van der Waals surface area contributed by atoms with Gasteiger partial charge in [0.2, 0.25) is 0 Å². The minimum atomic E-state index is -1.22. The van der Waals surface area contributed by atoms with E-state index in [0.29, 0.717) is 18.4 Å². The van der Waals surface area contributed by atoms with E-state index in [2.05, 4.69) is 10.4 Å². The molecule has 0 saturated carbocycles. The number of carbonyl (C=O) groups excluding carboxylic acids is 1. The van der Waals surface area contributed by atoms with E-state index in [9.17, 15) is 14.7 Å². The van der Waals surface area contributed by atoms with Crippen LogP contribution < -0.4 is 11.2 Å². The largest absolute Gasteiger partial charge is 0.464 e. The topological polar surface area (TPSA) is 109 Å². The Hall–Kier alpha value is -3.23. The van der Waals surface area contributed by atoms with Gasteiger partial charge >= 0.3 is 6.09 Å². The summed E-state index contributed by atoms with van der Waals surface area (Å²) in [5.41, 5.74) is 12.3. The molecule has 8 heteroatoms. The smallest absolute Gasteiger partial charge is 0.422 e. The molecule has 0 saturated heterocycles. The van der Waals surface area contributed by atoms with Crippen LogP contribution in [0.4, 0.5) is 10.5 Å². The Morgan fingerprint density at radius 2 is 1.84 bits per heavy atom. The molecule has 0 bridgehead atoms. The summed E-state index contributed by atoms with van der Waals surface area (Å²) in [5.74, 6) is 0. The fourth-order valence-electron chi connectivity index (χ4n) is 3.24. The number of hydrogen-bond acceptors (Lipinski definition) is 6. The van der Waals surface area contributed by atoms with E-state index < -0.39 is 18.2 Å². The normalized spacial score (nSPS) is 12.8. The number of rotatable bonds is 10. The molecule has 2 atom stereocenters. The van der Waals surface area contributed by atoms with Crippen LogP contribution in [0.1, 0.15) is 34.8 Å². The first-order valence-corrected chi connectivity index (χ1v) is 10.9. The zero-order valence-electron chi connectivity index (χ0n) is 17.3. The molecular formula is C23H26N4O3S. The van der Waals surface area contributed by atoms with Gasteiger partial charge in [0.25, 0.3) is 0 Å². The molecule has 162 valence electrons. The molecule has 4 N–H and O–H groups in total. The predicted molar refractivity (Wildman–Crippen MR) is 122 cm³/mol. The van der Waals surface area contributed by atoms with Crippen LogP contribution in [-0.2, 0) is 24.1 Å². The van der Waals surface area contributed by atoms with Crippen molar-refractivity contribution >= 4 is 29.4 Å². The highest BCUT2D eigenvalue weighted by atomic mass is 32.1. The van der Waals surface area contributed by atoms with Crippen LogP contribution in [0.2, 0.25) is 0 Å². The number of thiazole rings is 1. The van der Waals surface area contributed by atoms with Crippen LogP contribution >= 0.6 is 11.3 Å². The Kier molecular flexibility index (Phi) is 7.75. The van der Waals surface area contributed by atoms with E-state index in [1.165, 1.54) is 11.3 Å². The minimum Gasteiger partial charge on any atom is -0.464 e. The Morgan fingerprint density at radius 3 is 2.42 bits per heavy atom. The first-order valence-electron chi connectivity index (χ1n) is 10.1. The van der Waals surface area contributed by atoms with Crippen LogP contribution in [0.15, 0.2) is 60.0 Å². The summed E-state index contributed by atoms with van der Waals surface area (Å²) in [6.45, 7) is 2.02. The number of amides is 1. The number of hydrogen-bond donors (Lipinski definition) is 3. The van der Waals surface area contributed by atoms with Gasteiger partial charge in [-0.3, -0.25) is 0 Å². The molecule has 1 amide bonds. The molecule has 0 radical (unpaired) electrons. The van der Waals surface area contributed by atoms with E-state index >= 15 is 0 Å². The molecule has 1 heterocycles. The van der Waals surface area contributed by atoms with Gasteiger partial charge < -0.3 is 15.6 Å². The van der Waals surface area contributed by atoms with Gasteiger partial charge in [-0.05, 0) is 36.1 Å². The third-order valence-corrected chi connectivity index (χ3v) is 5.93. The molecule has 1 aromatic heterocycles. The average molecular weight is 439 g/mol. The summed E-state index contributed by atoms with van der Waals surface area (Å²) in [7, 11) is 0. The second-order valence-corrected chi connectivity index (χ2v) is 8.09. The fourth-order valence-corrected chi connectivity index (χ4v) is 4.19. The van der Waals surface area contributed by atoms with Gasteiger partial charge in [-0.15, -0.1) is 11.3 Å². The van der Waals surface area contributed by atoms with Crippen molar-refractivity contribution in [1.82, 2.24) is 15.4 Å². The van der Waals surface area contributed by atoms with Crippen LogP contribution in [-0.4, -0.2) is 33.5 Å². The first kappa shape index (κ1) is 22.5. The third kappa shape index (κ3) is 6.13. The second kappa shape index (κ2) is 10.7. The molecule has 0 unspecified atom stereocenters. The summed E-state index contributed by atoms with van der Waals surface area (Å²) in [4.78, 5) is 28.6. The maximum absolute atomic E-state index is 12.1. The zero-order chi connectivity index (χ0) is 22.2. The number of hydrazine groups is 1. The van der Waals surface area contributed by atoms with Crippen molar-refractivity contribution in [2.24, 2.45) is 0 Å². The molecule has 3 aromatic rings. The highest BCUT2D eigenvalue weighted by Gasteiger charge is 2.28. The van der Waals surface area contributed by atoms with E-state index in [1.807, 2.05) is 66.9 Å². The monoisotopic (exact) mass is 438 g/mol. The lowest BCUT2D eigenvalue weighted by atomic mass is 10.1. The fraction of sp³-hybridized carbons (Fsp3) is 0.261. The summed E-state index contributed by atoms with van der Waals surface area (Å²) < 4.78 is 0. The van der Waals surface area contributed by atoms with Gasteiger partial charge in [-0.25, -0.2) is 20.2 Å². The Morgan fingerprint density at radius 1 is 1.16 bits per heavy atom. The first-order chi connectivity index (χ1) is 15.0. The third-order valence-electron chi connectivity index (χ3n) is 4.93. The minimum absolute atomic E-state index is 0.274. The number of aromatic nitrogens is 1. The quantitative estimate of drug-likeness (QED) is 0.252. The van der Waals surface area contributed by atoms with Crippen molar-refractivity contribution in [2.75, 3.05) is 5.73 Å². The predicted octanol–water partition coefficient (Wildman–Crippen LogP) is 3.87. The highest BCUT2D eigenvalue weighted by Crippen LogP contribution is 2.24. The molecular weight excluding hydrogens is 412 g/mol. The van der Waals surface area contributed by atoms with Crippen molar-refractivity contribution in [2.45, 2.75) is 38.3 Å². The van der Waals surface area contributed by atoms with E-state index in [1.54, 1.807) is 0 Å². The number of nitrogen functional groups attached to an aromatic ring is 1. The molecule has 0 aliphatic carbocycles. The standard InChI is InChI=1S/C23H26N4O3S/c1-2-19-15-31-22(25-19)21(13-17-8-10-18(24)11-9-17)26-27(23(29)30)20(14-28)12-16-6-4-3-5-7-16/h3-11,14-15,20-21,26H,2,12-13,24H2,1H3,(H,29,30)/t20-,21-/m0/s1. The molecule has 0 spiro atoms. The Balaban J connectivity index is 1.87. The van der Waals surface area contributed by atoms with Crippen LogP contribution in [0.5, 0.6) is 0 Å². The summed E-state index contributed by atoms with van der Waals surface area (Å²) >= 11 is 1.48. The highest BCUT2D eigenvalue weighted by molar-refractivity contribution is 7.09. The molecule has 7 nitrogen and oxygen atoms in total. The van der Waals surface area contributed by atoms with Crippen LogP contribution in [0.25, 0.3) is 0 Å². The number of aryl methyl sites for hydroxylation is 1. The van der Waals surface area contributed by atoms with E-state index in [-0.39, 0.29) is 6.42 Å². The van der Waals surface area contributed by atoms with Crippen LogP contribution in [0, 0.1) is 0 Å². The Bertz CT molecular complexity index is 992. The molecule has 0 aliphatic rings. The second-order valence-electron chi connectivity index (χ2n) is 7.20. The van der Waals surface area contributed by atoms with Gasteiger partial charge in [0, 0.05) is 17.5 Å². The Labute approximate surface area is 185 Å². The average Bonchev–Trinajstić information content (AvgIpc) is 3.26. The van der Waals surface area contributed by atoms with Crippen molar-refractivity contribution < 1.29 is 14.7 Å². The number of benzene rings is 2. The van der Waals surface area contributed by atoms with Gasteiger partial charge in [-0.1, -0.05) is 49.4 Å². The molecule has 2 aromatic carbocycles. The number of nitrogens with one attached hydrogen (secondary N) is 1. The maximum atomic E-state index is 12.1. The summed E-state index contributed by atoms with van der Waals surface area (Å²) in [5, 5.41) is 13.6. The van der Waals surface area contributed by atoms with Gasteiger partial charge in [0.15, 0.2) is 0 Å². The van der Waals surface area contributed by atoms with Gasteiger partial charge in [0.1, 0.15) is 17.3 Å².